The third kappa shape index (κ3) is 2.57. The molecule has 5 heteroatoms. The number of piperazine rings is 1. The molecule has 2 N–H and O–H groups in total. The van der Waals surface area contributed by atoms with E-state index < -0.39 is 0 Å². The number of aromatic nitrogens is 1. The van der Waals surface area contributed by atoms with Gasteiger partial charge < -0.3 is 15.5 Å². The number of nitrogens with zero attached hydrogens (tertiary/aromatic N) is 3. The summed E-state index contributed by atoms with van der Waals surface area (Å²) in [6, 6.07) is 1.95. The van der Waals surface area contributed by atoms with Gasteiger partial charge in [-0.25, -0.2) is 0 Å². The highest BCUT2D eigenvalue weighted by Gasteiger charge is 2.29. The number of hydrogen-bond donors (Lipinski definition) is 1. The second-order valence-electron chi connectivity index (χ2n) is 5.73. The SMILES string of the molecule is Nc1cnccc1N1CCN(C(=O)C2CCCC2)CC1. The molecule has 0 bridgehead atoms. The highest BCUT2D eigenvalue weighted by atomic mass is 16.2. The highest BCUT2D eigenvalue weighted by molar-refractivity contribution is 5.79. The van der Waals surface area contributed by atoms with E-state index in [9.17, 15) is 4.79 Å². The maximum absolute atomic E-state index is 12.4. The van der Waals surface area contributed by atoms with Gasteiger partial charge in [0.15, 0.2) is 0 Å². The first-order valence-electron chi connectivity index (χ1n) is 7.49. The molecule has 20 heavy (non-hydrogen) atoms. The highest BCUT2D eigenvalue weighted by Crippen LogP contribution is 2.28. The van der Waals surface area contributed by atoms with Gasteiger partial charge in [0, 0.05) is 38.3 Å². The first-order chi connectivity index (χ1) is 9.75. The van der Waals surface area contributed by atoms with Gasteiger partial charge in [0.25, 0.3) is 0 Å². The molecule has 0 radical (unpaired) electrons. The summed E-state index contributed by atoms with van der Waals surface area (Å²) in [5, 5.41) is 0. The number of amides is 1. The van der Waals surface area contributed by atoms with Crippen LogP contribution in [-0.4, -0.2) is 42.0 Å². The van der Waals surface area contributed by atoms with Gasteiger partial charge in [0.2, 0.25) is 5.91 Å². The third-order valence-electron chi connectivity index (χ3n) is 4.46. The number of rotatable bonds is 2. The maximum atomic E-state index is 12.4. The van der Waals surface area contributed by atoms with Crippen molar-refractivity contribution in [2.24, 2.45) is 5.92 Å². The van der Waals surface area contributed by atoms with Crippen molar-refractivity contribution in [3.63, 3.8) is 0 Å². The van der Waals surface area contributed by atoms with Gasteiger partial charge in [-0.3, -0.25) is 9.78 Å². The van der Waals surface area contributed by atoms with Crippen LogP contribution in [0.5, 0.6) is 0 Å². The molecular formula is C15H22N4O. The number of nitrogens with two attached hydrogens (primary N) is 1. The number of carbonyl (C=O) groups excluding carboxylic acids is 1. The van der Waals surface area contributed by atoms with E-state index in [-0.39, 0.29) is 5.92 Å². The maximum Gasteiger partial charge on any atom is 0.225 e. The molecule has 0 unspecified atom stereocenters. The molecule has 2 fully saturated rings. The Bertz CT molecular complexity index is 477. The zero-order valence-electron chi connectivity index (χ0n) is 11.8. The quantitative estimate of drug-likeness (QED) is 0.888. The van der Waals surface area contributed by atoms with Crippen LogP contribution in [0.25, 0.3) is 0 Å². The van der Waals surface area contributed by atoms with Crippen molar-refractivity contribution in [3.8, 4) is 0 Å². The minimum absolute atomic E-state index is 0.285. The van der Waals surface area contributed by atoms with Crippen LogP contribution in [-0.2, 0) is 4.79 Å². The molecular weight excluding hydrogens is 252 g/mol. The summed E-state index contributed by atoms with van der Waals surface area (Å²) in [5.41, 5.74) is 7.71. The minimum atomic E-state index is 0.285. The van der Waals surface area contributed by atoms with E-state index in [4.69, 9.17) is 5.73 Å². The summed E-state index contributed by atoms with van der Waals surface area (Å²) in [6.07, 6.45) is 8.04. The number of nitrogen functional groups attached to an aromatic ring is 1. The summed E-state index contributed by atoms with van der Waals surface area (Å²) in [5.74, 6) is 0.650. The fourth-order valence-corrected chi connectivity index (χ4v) is 3.29. The Balaban J connectivity index is 1.59. The van der Waals surface area contributed by atoms with E-state index in [1.54, 1.807) is 12.4 Å². The largest absolute Gasteiger partial charge is 0.396 e. The fraction of sp³-hybridized carbons (Fsp3) is 0.600. The molecule has 5 nitrogen and oxygen atoms in total. The summed E-state index contributed by atoms with van der Waals surface area (Å²) in [6.45, 7) is 3.31. The lowest BCUT2D eigenvalue weighted by Crippen LogP contribution is -2.50. The van der Waals surface area contributed by atoms with Gasteiger partial charge in [-0.05, 0) is 18.9 Å². The topological polar surface area (TPSA) is 62.5 Å². The minimum Gasteiger partial charge on any atom is -0.396 e. The molecule has 1 saturated heterocycles. The van der Waals surface area contributed by atoms with E-state index in [0.717, 1.165) is 44.7 Å². The number of carbonyl (C=O) groups is 1. The predicted octanol–water partition coefficient (Wildman–Crippen LogP) is 1.50. The Morgan fingerprint density at radius 3 is 2.55 bits per heavy atom. The lowest BCUT2D eigenvalue weighted by molar-refractivity contribution is -0.135. The molecule has 108 valence electrons. The lowest BCUT2D eigenvalue weighted by atomic mass is 10.1. The summed E-state index contributed by atoms with van der Waals surface area (Å²) >= 11 is 0. The molecule has 1 amide bonds. The van der Waals surface area contributed by atoms with Crippen LogP contribution < -0.4 is 10.6 Å². The van der Waals surface area contributed by atoms with Crippen molar-refractivity contribution in [3.05, 3.63) is 18.5 Å². The van der Waals surface area contributed by atoms with Gasteiger partial charge in [-0.2, -0.15) is 0 Å². The van der Waals surface area contributed by atoms with Gasteiger partial charge in [-0.1, -0.05) is 12.8 Å². The average molecular weight is 274 g/mol. The molecule has 1 aliphatic heterocycles. The molecule has 2 aliphatic rings. The number of hydrogen-bond acceptors (Lipinski definition) is 4. The molecule has 3 rings (SSSR count). The second kappa shape index (κ2) is 5.69. The van der Waals surface area contributed by atoms with Crippen molar-refractivity contribution in [2.45, 2.75) is 25.7 Å². The molecule has 1 aromatic heterocycles. The van der Waals surface area contributed by atoms with Crippen LogP contribution in [0.3, 0.4) is 0 Å². The molecule has 1 aromatic rings. The number of pyridine rings is 1. The molecule has 0 aromatic carbocycles. The normalized spacial score (nSPS) is 20.4. The first-order valence-corrected chi connectivity index (χ1v) is 7.49. The third-order valence-corrected chi connectivity index (χ3v) is 4.46. The van der Waals surface area contributed by atoms with Crippen LogP contribution in [0.15, 0.2) is 18.5 Å². The van der Waals surface area contributed by atoms with Gasteiger partial charge in [0.1, 0.15) is 0 Å². The molecule has 0 atom stereocenters. The Kier molecular flexibility index (Phi) is 3.76. The molecule has 0 spiro atoms. The van der Waals surface area contributed by atoms with Crippen LogP contribution in [0.1, 0.15) is 25.7 Å². The van der Waals surface area contributed by atoms with Crippen LogP contribution in [0, 0.1) is 5.92 Å². The van der Waals surface area contributed by atoms with Crippen LogP contribution in [0.2, 0.25) is 0 Å². The standard InChI is InChI=1S/C15H22N4O/c16-13-11-17-6-5-14(13)18-7-9-19(10-8-18)15(20)12-3-1-2-4-12/h5-6,11-12H,1-4,7-10,16H2. The summed E-state index contributed by atoms with van der Waals surface area (Å²) < 4.78 is 0. The van der Waals surface area contributed by atoms with Crippen molar-refractivity contribution < 1.29 is 4.79 Å². The van der Waals surface area contributed by atoms with E-state index in [2.05, 4.69) is 9.88 Å². The van der Waals surface area contributed by atoms with E-state index >= 15 is 0 Å². The van der Waals surface area contributed by atoms with Crippen molar-refractivity contribution in [2.75, 3.05) is 36.8 Å². The van der Waals surface area contributed by atoms with Crippen molar-refractivity contribution in [1.82, 2.24) is 9.88 Å². The Morgan fingerprint density at radius 1 is 1.20 bits per heavy atom. The van der Waals surface area contributed by atoms with Gasteiger partial charge in [-0.15, -0.1) is 0 Å². The van der Waals surface area contributed by atoms with E-state index in [1.165, 1.54) is 12.8 Å². The zero-order chi connectivity index (χ0) is 13.9. The first kappa shape index (κ1) is 13.2. The van der Waals surface area contributed by atoms with Crippen LogP contribution >= 0.6 is 0 Å². The fourth-order valence-electron chi connectivity index (χ4n) is 3.29. The van der Waals surface area contributed by atoms with Crippen molar-refractivity contribution >= 4 is 17.3 Å². The summed E-state index contributed by atoms with van der Waals surface area (Å²) in [7, 11) is 0. The lowest BCUT2D eigenvalue weighted by Gasteiger charge is -2.37. The van der Waals surface area contributed by atoms with E-state index in [0.29, 0.717) is 11.6 Å². The summed E-state index contributed by atoms with van der Waals surface area (Å²) in [4.78, 5) is 20.7. The molecule has 2 heterocycles. The Morgan fingerprint density at radius 2 is 1.90 bits per heavy atom. The van der Waals surface area contributed by atoms with E-state index in [1.807, 2.05) is 11.0 Å². The van der Waals surface area contributed by atoms with Gasteiger partial charge >= 0.3 is 0 Å². The molecule has 1 aliphatic carbocycles. The zero-order valence-corrected chi connectivity index (χ0v) is 11.8. The average Bonchev–Trinajstić information content (AvgIpc) is 3.01. The Labute approximate surface area is 119 Å². The second-order valence-corrected chi connectivity index (χ2v) is 5.73. The Hall–Kier alpha value is -1.78. The molecule has 1 saturated carbocycles. The van der Waals surface area contributed by atoms with Crippen LogP contribution in [0.4, 0.5) is 11.4 Å². The van der Waals surface area contributed by atoms with Crippen molar-refractivity contribution in [1.29, 1.82) is 0 Å². The smallest absolute Gasteiger partial charge is 0.225 e. The predicted molar refractivity (Wildman–Crippen MR) is 79.4 cm³/mol. The number of anilines is 2. The monoisotopic (exact) mass is 274 g/mol. The van der Waals surface area contributed by atoms with Gasteiger partial charge in [0.05, 0.1) is 17.6 Å².